The molecule has 0 aromatic rings. The Kier molecular flexibility index (Phi) is 4.74. The lowest BCUT2D eigenvalue weighted by molar-refractivity contribution is -0.149. The Balaban J connectivity index is 4.19. The largest absolute Gasteiger partial charge is 0.463 e. The third kappa shape index (κ3) is 6.38. The average molecular weight is 200 g/mol. The van der Waals surface area contributed by atoms with Crippen molar-refractivity contribution in [2.45, 2.75) is 32.7 Å². The van der Waals surface area contributed by atoms with Crippen molar-refractivity contribution in [1.82, 2.24) is 0 Å². The molecule has 13 heavy (non-hydrogen) atoms. The number of aliphatic hydroxyl groups is 1. The lowest BCUT2D eigenvalue weighted by Crippen LogP contribution is -2.23. The molecule has 0 aromatic heterocycles. The smallest absolute Gasteiger partial charge is 0.347 e. The molecule has 0 unspecified atom stereocenters. The van der Waals surface area contributed by atoms with Crippen molar-refractivity contribution in [3.63, 3.8) is 0 Å². The van der Waals surface area contributed by atoms with E-state index in [0.29, 0.717) is 0 Å². The minimum absolute atomic E-state index is 0.268. The standard InChI is InChI=1S/C9H16O3Si/c1-5-12-9(11)8(10)6-7-13(2,3)4/h8,10H,5H2,1-4H3/t8-/m0/s1. The second kappa shape index (κ2) is 5.05. The summed E-state index contributed by atoms with van der Waals surface area (Å²) in [4.78, 5) is 10.9. The van der Waals surface area contributed by atoms with Crippen molar-refractivity contribution in [3.05, 3.63) is 0 Å². The molecular formula is C9H16O3Si. The fraction of sp³-hybridized carbons (Fsp3) is 0.667. The van der Waals surface area contributed by atoms with Gasteiger partial charge in [-0.15, -0.1) is 5.54 Å². The molecule has 1 atom stereocenters. The molecule has 0 rings (SSSR count). The van der Waals surface area contributed by atoms with Crippen molar-refractivity contribution in [1.29, 1.82) is 0 Å². The Hall–Kier alpha value is -0.793. The highest BCUT2D eigenvalue weighted by Crippen LogP contribution is 1.97. The van der Waals surface area contributed by atoms with Gasteiger partial charge in [0.2, 0.25) is 6.10 Å². The number of aliphatic hydroxyl groups excluding tert-OH is 1. The topological polar surface area (TPSA) is 46.5 Å². The van der Waals surface area contributed by atoms with E-state index in [1.807, 2.05) is 19.6 Å². The Morgan fingerprint density at radius 2 is 2.08 bits per heavy atom. The molecule has 0 aliphatic carbocycles. The minimum Gasteiger partial charge on any atom is -0.463 e. The maximum absolute atomic E-state index is 10.9. The van der Waals surface area contributed by atoms with E-state index in [9.17, 15) is 9.90 Å². The lowest BCUT2D eigenvalue weighted by atomic mass is 10.4. The van der Waals surface area contributed by atoms with E-state index < -0.39 is 20.1 Å². The molecule has 0 aliphatic heterocycles. The van der Waals surface area contributed by atoms with Gasteiger partial charge in [-0.25, -0.2) is 4.79 Å². The summed E-state index contributed by atoms with van der Waals surface area (Å²) >= 11 is 0. The molecule has 74 valence electrons. The number of carbonyl (C=O) groups excluding carboxylic acids is 1. The van der Waals surface area contributed by atoms with Gasteiger partial charge in [0.1, 0.15) is 8.07 Å². The monoisotopic (exact) mass is 200 g/mol. The van der Waals surface area contributed by atoms with Gasteiger partial charge in [0.15, 0.2) is 0 Å². The molecule has 0 saturated carbocycles. The van der Waals surface area contributed by atoms with Crippen LogP contribution in [0.1, 0.15) is 6.92 Å². The molecule has 0 spiro atoms. The molecule has 3 nitrogen and oxygen atoms in total. The number of esters is 1. The van der Waals surface area contributed by atoms with Gasteiger partial charge < -0.3 is 9.84 Å². The second-order valence-electron chi connectivity index (χ2n) is 3.67. The number of rotatable bonds is 2. The van der Waals surface area contributed by atoms with Crippen molar-refractivity contribution in [2.24, 2.45) is 0 Å². The minimum atomic E-state index is -1.52. The van der Waals surface area contributed by atoms with Crippen LogP contribution in [0.25, 0.3) is 0 Å². The van der Waals surface area contributed by atoms with Crippen LogP contribution in [0, 0.1) is 11.5 Å². The molecule has 0 fully saturated rings. The maximum Gasteiger partial charge on any atom is 0.347 e. The zero-order chi connectivity index (χ0) is 10.5. The molecule has 0 radical (unpaired) electrons. The Bertz CT molecular complexity index is 231. The average Bonchev–Trinajstić information content (AvgIpc) is 1.99. The highest BCUT2D eigenvalue weighted by molar-refractivity contribution is 6.83. The van der Waals surface area contributed by atoms with Gasteiger partial charge in [-0.2, -0.15) is 0 Å². The maximum atomic E-state index is 10.9. The van der Waals surface area contributed by atoms with Gasteiger partial charge in [-0.05, 0) is 6.92 Å². The van der Waals surface area contributed by atoms with Gasteiger partial charge in [0, 0.05) is 0 Å². The van der Waals surface area contributed by atoms with Crippen LogP contribution in [-0.4, -0.2) is 31.9 Å². The lowest BCUT2D eigenvalue weighted by Gasteiger charge is -2.06. The van der Waals surface area contributed by atoms with Crippen LogP contribution < -0.4 is 0 Å². The summed E-state index contributed by atoms with van der Waals surface area (Å²) in [5, 5.41) is 9.19. The van der Waals surface area contributed by atoms with Crippen molar-refractivity contribution < 1.29 is 14.6 Å². The molecule has 0 bridgehead atoms. The highest BCUT2D eigenvalue weighted by Gasteiger charge is 2.14. The van der Waals surface area contributed by atoms with E-state index in [2.05, 4.69) is 16.2 Å². The molecule has 1 N–H and O–H groups in total. The van der Waals surface area contributed by atoms with Crippen LogP contribution in [-0.2, 0) is 9.53 Å². The zero-order valence-electron chi connectivity index (χ0n) is 8.55. The van der Waals surface area contributed by atoms with E-state index in [1.54, 1.807) is 6.92 Å². The molecular weight excluding hydrogens is 184 g/mol. The molecule has 0 saturated heterocycles. The first-order valence-corrected chi connectivity index (χ1v) is 7.74. The van der Waals surface area contributed by atoms with E-state index in [1.165, 1.54) is 0 Å². The zero-order valence-corrected chi connectivity index (χ0v) is 9.55. The predicted octanol–water partition coefficient (Wildman–Crippen LogP) is 0.791. The predicted molar refractivity (Wildman–Crippen MR) is 53.8 cm³/mol. The number of carbonyl (C=O) groups is 1. The molecule has 0 heterocycles. The van der Waals surface area contributed by atoms with Crippen LogP contribution in [0.5, 0.6) is 0 Å². The van der Waals surface area contributed by atoms with E-state index in [0.717, 1.165) is 0 Å². The molecule has 0 aliphatic rings. The summed E-state index contributed by atoms with van der Waals surface area (Å²) in [6.07, 6.45) is -1.29. The molecule has 0 aromatic carbocycles. The number of hydrogen-bond acceptors (Lipinski definition) is 3. The normalized spacial score (nSPS) is 12.7. The highest BCUT2D eigenvalue weighted by atomic mass is 28.3. The Morgan fingerprint density at radius 1 is 1.54 bits per heavy atom. The third-order valence-electron chi connectivity index (χ3n) is 1.09. The molecule has 0 amide bonds. The van der Waals surface area contributed by atoms with Crippen LogP contribution in [0.3, 0.4) is 0 Å². The van der Waals surface area contributed by atoms with Crippen LogP contribution in [0.15, 0.2) is 0 Å². The SMILES string of the molecule is CCOC(=O)[C@@H](O)C#C[Si](C)(C)C. The van der Waals surface area contributed by atoms with Crippen molar-refractivity contribution in [3.8, 4) is 11.5 Å². The van der Waals surface area contributed by atoms with Crippen molar-refractivity contribution in [2.75, 3.05) is 6.61 Å². The van der Waals surface area contributed by atoms with E-state index >= 15 is 0 Å². The Labute approximate surface area is 80.1 Å². The van der Waals surface area contributed by atoms with Gasteiger partial charge >= 0.3 is 5.97 Å². The van der Waals surface area contributed by atoms with Gasteiger partial charge in [0.05, 0.1) is 6.61 Å². The Morgan fingerprint density at radius 3 is 2.46 bits per heavy atom. The first kappa shape index (κ1) is 12.2. The molecule has 4 heteroatoms. The summed E-state index contributed by atoms with van der Waals surface area (Å²) < 4.78 is 4.59. The summed E-state index contributed by atoms with van der Waals surface area (Å²) in [6.45, 7) is 8.08. The first-order valence-electron chi connectivity index (χ1n) is 4.24. The summed E-state index contributed by atoms with van der Waals surface area (Å²) in [6, 6.07) is 0. The van der Waals surface area contributed by atoms with Crippen molar-refractivity contribution >= 4 is 14.0 Å². The third-order valence-corrected chi connectivity index (χ3v) is 1.99. The first-order chi connectivity index (χ1) is 5.87. The van der Waals surface area contributed by atoms with Gasteiger partial charge in [-0.3, -0.25) is 0 Å². The number of hydrogen-bond donors (Lipinski definition) is 1. The van der Waals surface area contributed by atoms with E-state index in [-0.39, 0.29) is 6.61 Å². The summed E-state index contributed by atoms with van der Waals surface area (Å²) in [5.41, 5.74) is 2.90. The van der Waals surface area contributed by atoms with Crippen LogP contribution in [0.4, 0.5) is 0 Å². The number of ether oxygens (including phenoxy) is 1. The quantitative estimate of drug-likeness (QED) is 0.407. The summed E-state index contributed by atoms with van der Waals surface area (Å²) in [7, 11) is -1.52. The fourth-order valence-corrected chi connectivity index (χ4v) is 1.13. The summed E-state index contributed by atoms with van der Waals surface area (Å²) in [5.74, 6) is 1.84. The van der Waals surface area contributed by atoms with Crippen LogP contribution in [0.2, 0.25) is 19.6 Å². The van der Waals surface area contributed by atoms with Gasteiger partial charge in [0.25, 0.3) is 0 Å². The van der Waals surface area contributed by atoms with Gasteiger partial charge in [-0.1, -0.05) is 25.6 Å². The fourth-order valence-electron chi connectivity index (χ4n) is 0.565. The van der Waals surface area contributed by atoms with E-state index in [4.69, 9.17) is 0 Å². The second-order valence-corrected chi connectivity index (χ2v) is 8.42. The van der Waals surface area contributed by atoms with Crippen LogP contribution >= 0.6 is 0 Å².